The van der Waals surface area contributed by atoms with Crippen molar-refractivity contribution in [1.82, 2.24) is 5.32 Å². The summed E-state index contributed by atoms with van der Waals surface area (Å²) in [4.78, 5) is 0. The minimum absolute atomic E-state index is 0. The lowest BCUT2D eigenvalue weighted by Gasteiger charge is -2.17. The minimum Gasteiger partial charge on any atom is -0.488 e. The van der Waals surface area contributed by atoms with Gasteiger partial charge in [0.25, 0.3) is 0 Å². The first-order chi connectivity index (χ1) is 14.7. The molecule has 0 amide bonds. The molecule has 164 valence electrons. The fourth-order valence-corrected chi connectivity index (χ4v) is 4.48. The summed E-state index contributed by atoms with van der Waals surface area (Å²) in [6, 6.07) is 18.2. The number of halogens is 3. The van der Waals surface area contributed by atoms with Crippen molar-refractivity contribution in [3.8, 4) is 5.75 Å². The molecule has 3 aromatic rings. The van der Waals surface area contributed by atoms with Gasteiger partial charge in [0.05, 0.1) is 0 Å². The zero-order valence-corrected chi connectivity index (χ0v) is 19.8. The number of hydrogen-bond donors (Lipinski definition) is 1. The molecular weight excluding hydrogens is 449 g/mol. The maximum Gasteiger partial charge on any atom is 0.124 e. The summed E-state index contributed by atoms with van der Waals surface area (Å²) in [5, 5.41) is 7.34. The van der Waals surface area contributed by atoms with Gasteiger partial charge in [0, 0.05) is 27.7 Å². The third-order valence-electron chi connectivity index (χ3n) is 5.71. The molecule has 5 heteroatoms. The molecule has 1 aliphatic rings. The van der Waals surface area contributed by atoms with Crippen LogP contribution in [0.1, 0.15) is 43.2 Å². The average molecular weight is 477 g/mol. The van der Waals surface area contributed by atoms with E-state index in [-0.39, 0.29) is 12.4 Å². The summed E-state index contributed by atoms with van der Waals surface area (Å²) in [5.74, 6) is 0.893. The van der Waals surface area contributed by atoms with Crippen molar-refractivity contribution in [1.29, 1.82) is 0 Å². The van der Waals surface area contributed by atoms with Crippen LogP contribution in [-0.2, 0) is 13.2 Å². The molecule has 2 nitrogen and oxygen atoms in total. The number of allylic oxidation sites excluding steroid dienone is 1. The van der Waals surface area contributed by atoms with Gasteiger partial charge in [-0.1, -0.05) is 71.2 Å². The van der Waals surface area contributed by atoms with Crippen LogP contribution in [0.15, 0.2) is 66.2 Å². The Morgan fingerprint density at radius 1 is 0.968 bits per heavy atom. The quantitative estimate of drug-likeness (QED) is 0.262. The zero-order chi connectivity index (χ0) is 20.8. The molecule has 1 aliphatic carbocycles. The summed E-state index contributed by atoms with van der Waals surface area (Å²) >= 11 is 12.3. The molecule has 0 saturated carbocycles. The Morgan fingerprint density at radius 2 is 1.84 bits per heavy atom. The van der Waals surface area contributed by atoms with Crippen LogP contribution >= 0.6 is 35.6 Å². The van der Waals surface area contributed by atoms with E-state index in [1.54, 1.807) is 11.6 Å². The van der Waals surface area contributed by atoms with Gasteiger partial charge in [-0.3, -0.25) is 0 Å². The Labute approximate surface area is 201 Å². The smallest absolute Gasteiger partial charge is 0.124 e. The van der Waals surface area contributed by atoms with Crippen molar-refractivity contribution in [3.05, 3.63) is 87.4 Å². The van der Waals surface area contributed by atoms with Gasteiger partial charge in [0.2, 0.25) is 0 Å². The second-order valence-corrected chi connectivity index (χ2v) is 8.67. The number of benzene rings is 3. The highest BCUT2D eigenvalue weighted by Crippen LogP contribution is 2.30. The Bertz CT molecular complexity index is 1050. The summed E-state index contributed by atoms with van der Waals surface area (Å²) in [7, 11) is 0. The van der Waals surface area contributed by atoms with Crippen LogP contribution < -0.4 is 10.1 Å². The zero-order valence-electron chi connectivity index (χ0n) is 17.5. The van der Waals surface area contributed by atoms with Crippen LogP contribution in [0.4, 0.5) is 0 Å². The summed E-state index contributed by atoms with van der Waals surface area (Å²) in [6.07, 6.45) is 8.72. The maximum absolute atomic E-state index is 6.32. The molecule has 0 bridgehead atoms. The molecule has 3 aromatic carbocycles. The third-order valence-corrected chi connectivity index (χ3v) is 6.29. The second kappa shape index (κ2) is 11.8. The van der Waals surface area contributed by atoms with Crippen LogP contribution in [0.2, 0.25) is 10.0 Å². The molecule has 0 fully saturated rings. The van der Waals surface area contributed by atoms with Crippen LogP contribution in [0, 0.1) is 0 Å². The van der Waals surface area contributed by atoms with E-state index in [2.05, 4.69) is 47.8 Å². The molecule has 1 N–H and O–H groups in total. The van der Waals surface area contributed by atoms with Crippen LogP contribution in [-0.4, -0.2) is 6.54 Å². The Kier molecular flexibility index (Phi) is 9.10. The molecule has 31 heavy (non-hydrogen) atoms. The largest absolute Gasteiger partial charge is 0.488 e. The highest BCUT2D eigenvalue weighted by molar-refractivity contribution is 6.35. The third kappa shape index (κ3) is 6.40. The van der Waals surface area contributed by atoms with Gasteiger partial charge in [-0.25, -0.2) is 0 Å². The fraction of sp³-hybridized carbons (Fsp3) is 0.308. The average Bonchev–Trinajstić information content (AvgIpc) is 2.77. The minimum atomic E-state index is 0. The van der Waals surface area contributed by atoms with E-state index < -0.39 is 0 Å². The number of fused-ring (bicyclic) bond motifs is 1. The van der Waals surface area contributed by atoms with Gasteiger partial charge < -0.3 is 10.1 Å². The second-order valence-electron chi connectivity index (χ2n) is 7.82. The monoisotopic (exact) mass is 475 g/mol. The van der Waals surface area contributed by atoms with E-state index in [0.29, 0.717) is 16.7 Å². The first kappa shape index (κ1) is 23.9. The van der Waals surface area contributed by atoms with E-state index in [1.165, 1.54) is 42.0 Å². The predicted octanol–water partition coefficient (Wildman–Crippen LogP) is 8.13. The maximum atomic E-state index is 6.32. The van der Waals surface area contributed by atoms with Gasteiger partial charge in [-0.05, 0) is 67.6 Å². The first-order valence-corrected chi connectivity index (χ1v) is 11.4. The molecule has 0 heterocycles. The Morgan fingerprint density at radius 3 is 2.65 bits per heavy atom. The summed E-state index contributed by atoms with van der Waals surface area (Å²) in [6.45, 7) is 2.17. The highest BCUT2D eigenvalue weighted by atomic mass is 35.5. The molecule has 4 rings (SSSR count). The number of ether oxygens (including phenoxy) is 1. The SMILES string of the molecule is Cl.Clc1ccc(COc2ccc3ccccc3c2CNCCC2=CCCCC2)c(Cl)c1. The van der Waals surface area contributed by atoms with Crippen LogP contribution in [0.3, 0.4) is 0 Å². The van der Waals surface area contributed by atoms with Crippen molar-refractivity contribution in [3.63, 3.8) is 0 Å². The van der Waals surface area contributed by atoms with E-state index in [4.69, 9.17) is 27.9 Å². The predicted molar refractivity (Wildman–Crippen MR) is 135 cm³/mol. The van der Waals surface area contributed by atoms with Crippen LogP contribution in [0.5, 0.6) is 5.75 Å². The lowest BCUT2D eigenvalue weighted by Crippen LogP contribution is -2.16. The molecule has 0 aromatic heterocycles. The molecule has 0 saturated heterocycles. The van der Waals surface area contributed by atoms with Gasteiger partial charge >= 0.3 is 0 Å². The Hall–Kier alpha value is -1.71. The van der Waals surface area contributed by atoms with Crippen molar-refractivity contribution in [2.24, 2.45) is 0 Å². The van der Waals surface area contributed by atoms with E-state index in [0.717, 1.165) is 30.8 Å². The van der Waals surface area contributed by atoms with Crippen LogP contribution in [0.25, 0.3) is 10.8 Å². The molecule has 0 unspecified atom stereocenters. The molecule has 0 aliphatic heterocycles. The fourth-order valence-electron chi connectivity index (χ4n) is 4.02. The number of rotatable bonds is 8. The van der Waals surface area contributed by atoms with Crippen molar-refractivity contribution in [2.75, 3.05) is 6.54 Å². The van der Waals surface area contributed by atoms with Crippen molar-refractivity contribution >= 4 is 46.4 Å². The van der Waals surface area contributed by atoms with Crippen molar-refractivity contribution < 1.29 is 4.74 Å². The topological polar surface area (TPSA) is 21.3 Å². The number of nitrogens with one attached hydrogen (secondary N) is 1. The van der Waals surface area contributed by atoms with Crippen molar-refractivity contribution in [2.45, 2.75) is 45.3 Å². The molecular formula is C26H28Cl3NO. The first-order valence-electron chi connectivity index (χ1n) is 10.7. The lowest BCUT2D eigenvalue weighted by atomic mass is 9.97. The summed E-state index contributed by atoms with van der Waals surface area (Å²) < 4.78 is 6.22. The van der Waals surface area contributed by atoms with E-state index in [9.17, 15) is 0 Å². The van der Waals surface area contributed by atoms with Gasteiger partial charge in [-0.2, -0.15) is 0 Å². The van der Waals surface area contributed by atoms with Gasteiger partial charge in [-0.15, -0.1) is 12.4 Å². The standard InChI is InChI=1S/C26H27Cl2NO.ClH/c27-22-12-10-21(25(28)16-22)18-30-26-13-11-20-8-4-5-9-23(20)24(26)17-29-15-14-19-6-2-1-3-7-19;/h4-6,8-13,16,29H,1-3,7,14-15,17-18H2;1H. The highest BCUT2D eigenvalue weighted by Gasteiger charge is 2.11. The Balaban J connectivity index is 0.00000272. The lowest BCUT2D eigenvalue weighted by molar-refractivity contribution is 0.303. The summed E-state index contributed by atoms with van der Waals surface area (Å²) in [5.41, 5.74) is 3.72. The molecule has 0 radical (unpaired) electrons. The normalized spacial score (nSPS) is 13.5. The molecule has 0 atom stereocenters. The van der Waals surface area contributed by atoms with E-state index >= 15 is 0 Å². The van der Waals surface area contributed by atoms with Gasteiger partial charge in [0.15, 0.2) is 0 Å². The van der Waals surface area contributed by atoms with Gasteiger partial charge in [0.1, 0.15) is 12.4 Å². The van der Waals surface area contributed by atoms with E-state index in [1.807, 2.05) is 12.1 Å². The molecule has 0 spiro atoms. The number of hydrogen-bond acceptors (Lipinski definition) is 2.